The number of aromatic nitrogens is 2. The lowest BCUT2D eigenvalue weighted by Gasteiger charge is -2.31. The van der Waals surface area contributed by atoms with Crippen LogP contribution < -0.4 is 0 Å². The number of hydrogen-bond acceptors (Lipinski definition) is 3. The van der Waals surface area contributed by atoms with Crippen LogP contribution in [0.2, 0.25) is 0 Å². The van der Waals surface area contributed by atoms with Crippen LogP contribution in [-0.4, -0.2) is 44.0 Å². The first kappa shape index (κ1) is 22.2. The highest BCUT2D eigenvalue weighted by Gasteiger charge is 2.36. The highest BCUT2D eigenvalue weighted by molar-refractivity contribution is 6.00. The molecule has 3 aromatic carbocycles. The van der Waals surface area contributed by atoms with E-state index >= 15 is 0 Å². The van der Waals surface area contributed by atoms with E-state index in [1.54, 1.807) is 21.8 Å². The number of aryl methyl sites for hydroxylation is 1. The Labute approximate surface area is 208 Å². The summed E-state index contributed by atoms with van der Waals surface area (Å²) < 4.78 is 15.8. The number of carbonyl (C=O) groups excluding carboxylic acids is 2. The van der Waals surface area contributed by atoms with E-state index in [0.29, 0.717) is 37.2 Å². The minimum absolute atomic E-state index is 0.0301. The molecule has 3 heterocycles. The van der Waals surface area contributed by atoms with Crippen LogP contribution in [0, 0.1) is 5.82 Å². The Morgan fingerprint density at radius 2 is 1.72 bits per heavy atom. The fourth-order valence-electron chi connectivity index (χ4n) is 5.38. The maximum absolute atomic E-state index is 14.0. The number of nitrogens with zero attached hydrogens (tertiary/aromatic N) is 4. The van der Waals surface area contributed by atoms with Crippen molar-refractivity contribution < 1.29 is 14.0 Å². The second-order valence-electron chi connectivity index (χ2n) is 9.48. The number of carbonyl (C=O) groups is 2. The summed E-state index contributed by atoms with van der Waals surface area (Å²) in [7, 11) is 1.89. The highest BCUT2D eigenvalue weighted by Crippen LogP contribution is 2.32. The van der Waals surface area contributed by atoms with Gasteiger partial charge in [-0.25, -0.2) is 4.39 Å². The van der Waals surface area contributed by atoms with Crippen LogP contribution in [0.15, 0.2) is 79.0 Å². The molecule has 1 aromatic heterocycles. The minimum Gasteiger partial charge on any atom is -0.332 e. The van der Waals surface area contributed by atoms with Gasteiger partial charge in [-0.2, -0.15) is 5.10 Å². The summed E-state index contributed by atoms with van der Waals surface area (Å²) >= 11 is 0. The third kappa shape index (κ3) is 3.86. The maximum Gasteiger partial charge on any atom is 0.254 e. The topological polar surface area (TPSA) is 58.4 Å². The van der Waals surface area contributed by atoms with E-state index in [-0.39, 0.29) is 23.7 Å². The van der Waals surface area contributed by atoms with Gasteiger partial charge in [-0.15, -0.1) is 0 Å². The van der Waals surface area contributed by atoms with Gasteiger partial charge in [0.05, 0.1) is 11.7 Å². The summed E-state index contributed by atoms with van der Waals surface area (Å²) in [5, 5.41) is 4.25. The van der Waals surface area contributed by atoms with Gasteiger partial charge < -0.3 is 9.80 Å². The molecule has 0 saturated carbocycles. The molecule has 2 amide bonds. The van der Waals surface area contributed by atoms with Gasteiger partial charge in [-0.05, 0) is 59.5 Å². The summed E-state index contributed by atoms with van der Waals surface area (Å²) in [6, 6.07) is 21.6. The molecule has 0 N–H and O–H groups in total. The highest BCUT2D eigenvalue weighted by atomic mass is 19.1. The lowest BCUT2D eigenvalue weighted by Crippen LogP contribution is -2.45. The number of fused-ring (bicyclic) bond motifs is 2. The van der Waals surface area contributed by atoms with Gasteiger partial charge in [0.2, 0.25) is 0 Å². The maximum atomic E-state index is 14.0. The van der Waals surface area contributed by atoms with E-state index in [0.717, 1.165) is 27.9 Å². The molecule has 0 radical (unpaired) electrons. The number of benzene rings is 3. The predicted molar refractivity (Wildman–Crippen MR) is 134 cm³/mol. The fraction of sp³-hybridized carbons (Fsp3) is 0.207. The Hall–Kier alpha value is -4.26. The molecule has 0 aliphatic carbocycles. The van der Waals surface area contributed by atoms with Crippen LogP contribution in [0.1, 0.15) is 37.4 Å². The molecule has 0 saturated heterocycles. The molecular formula is C29H25FN4O2. The minimum atomic E-state index is -0.312. The van der Waals surface area contributed by atoms with Crippen molar-refractivity contribution in [2.45, 2.75) is 25.6 Å². The normalized spacial score (nSPS) is 15.4. The van der Waals surface area contributed by atoms with Crippen molar-refractivity contribution in [1.82, 2.24) is 19.6 Å². The molecule has 1 atom stereocenters. The van der Waals surface area contributed by atoms with Crippen LogP contribution in [0.5, 0.6) is 0 Å². The molecule has 2 aliphatic heterocycles. The average Bonchev–Trinajstić information content (AvgIpc) is 3.54. The van der Waals surface area contributed by atoms with E-state index in [9.17, 15) is 14.0 Å². The second-order valence-corrected chi connectivity index (χ2v) is 9.48. The summed E-state index contributed by atoms with van der Waals surface area (Å²) in [5.41, 5.74) is 6.07. The summed E-state index contributed by atoms with van der Waals surface area (Å²) in [6.45, 7) is 1.32. The Morgan fingerprint density at radius 1 is 0.889 bits per heavy atom. The first-order valence-corrected chi connectivity index (χ1v) is 12.0. The molecule has 0 fully saturated rings. The third-order valence-corrected chi connectivity index (χ3v) is 7.18. The van der Waals surface area contributed by atoms with Gasteiger partial charge in [0, 0.05) is 49.6 Å². The van der Waals surface area contributed by atoms with Gasteiger partial charge in [0.25, 0.3) is 11.8 Å². The molecule has 36 heavy (non-hydrogen) atoms. The Bertz CT molecular complexity index is 1490. The summed E-state index contributed by atoms with van der Waals surface area (Å²) in [4.78, 5) is 30.3. The average molecular weight is 481 g/mol. The number of amides is 2. The number of halogens is 1. The molecule has 2 aliphatic rings. The third-order valence-electron chi connectivity index (χ3n) is 7.18. The van der Waals surface area contributed by atoms with Gasteiger partial charge in [0.15, 0.2) is 0 Å². The SMILES string of the molecule is Cn1nccc1-c1ccc2c(c1)CN(C(Cc1cccc(F)c1)CN1Cc3ccccc3C1=O)C2=O. The molecule has 0 bridgehead atoms. The fourth-order valence-corrected chi connectivity index (χ4v) is 5.38. The van der Waals surface area contributed by atoms with Crippen molar-refractivity contribution in [2.75, 3.05) is 6.54 Å². The van der Waals surface area contributed by atoms with E-state index in [2.05, 4.69) is 5.10 Å². The first-order chi connectivity index (χ1) is 17.5. The van der Waals surface area contributed by atoms with Crippen LogP contribution >= 0.6 is 0 Å². The van der Waals surface area contributed by atoms with Crippen LogP contribution in [-0.2, 0) is 26.6 Å². The molecule has 6 nitrogen and oxygen atoms in total. The van der Waals surface area contributed by atoms with Crippen LogP contribution in [0.3, 0.4) is 0 Å². The van der Waals surface area contributed by atoms with Crippen LogP contribution in [0.25, 0.3) is 11.3 Å². The van der Waals surface area contributed by atoms with Crippen molar-refractivity contribution in [2.24, 2.45) is 7.05 Å². The van der Waals surface area contributed by atoms with E-state index in [4.69, 9.17) is 0 Å². The zero-order chi connectivity index (χ0) is 24.8. The molecule has 7 heteroatoms. The number of rotatable bonds is 6. The summed E-state index contributed by atoms with van der Waals surface area (Å²) in [5.74, 6) is -0.405. The zero-order valence-corrected chi connectivity index (χ0v) is 19.9. The number of hydrogen-bond donors (Lipinski definition) is 0. The zero-order valence-electron chi connectivity index (χ0n) is 19.9. The standard InChI is InChI=1S/C29H25FN4O2/c1-32-27(11-12-31-32)20-9-10-26-22(15-20)17-34(29(26)36)24(14-19-5-4-7-23(30)13-19)18-33-16-21-6-2-3-8-25(21)28(33)35/h2-13,15,24H,14,16-18H2,1H3. The van der Waals surface area contributed by atoms with Gasteiger partial charge >= 0.3 is 0 Å². The smallest absolute Gasteiger partial charge is 0.254 e. The predicted octanol–water partition coefficient (Wildman–Crippen LogP) is 4.45. The van der Waals surface area contributed by atoms with Crippen molar-refractivity contribution in [3.8, 4) is 11.3 Å². The van der Waals surface area contributed by atoms with E-state index < -0.39 is 0 Å². The van der Waals surface area contributed by atoms with Crippen molar-refractivity contribution in [3.05, 3.63) is 113 Å². The Kier molecular flexibility index (Phi) is 5.40. The van der Waals surface area contributed by atoms with E-state index in [1.165, 1.54) is 12.1 Å². The Balaban J connectivity index is 1.31. The molecule has 180 valence electrons. The lowest BCUT2D eigenvalue weighted by atomic mass is 10.0. The van der Waals surface area contributed by atoms with Crippen molar-refractivity contribution >= 4 is 11.8 Å². The molecule has 4 aromatic rings. The Morgan fingerprint density at radius 3 is 2.50 bits per heavy atom. The monoisotopic (exact) mass is 480 g/mol. The van der Waals surface area contributed by atoms with Gasteiger partial charge in [0.1, 0.15) is 5.82 Å². The van der Waals surface area contributed by atoms with E-state index in [1.807, 2.05) is 66.5 Å². The second kappa shape index (κ2) is 8.75. The van der Waals surface area contributed by atoms with Gasteiger partial charge in [-0.1, -0.05) is 36.4 Å². The quantitative estimate of drug-likeness (QED) is 0.410. The van der Waals surface area contributed by atoms with Gasteiger partial charge in [-0.3, -0.25) is 14.3 Å². The largest absolute Gasteiger partial charge is 0.332 e. The molecule has 0 spiro atoms. The van der Waals surface area contributed by atoms with Crippen molar-refractivity contribution in [1.29, 1.82) is 0 Å². The molecular weight excluding hydrogens is 455 g/mol. The molecule has 6 rings (SSSR count). The lowest BCUT2D eigenvalue weighted by molar-refractivity contribution is 0.0585. The van der Waals surface area contributed by atoms with Crippen LogP contribution in [0.4, 0.5) is 4.39 Å². The summed E-state index contributed by atoms with van der Waals surface area (Å²) in [6.07, 6.45) is 2.20. The van der Waals surface area contributed by atoms with Crippen molar-refractivity contribution in [3.63, 3.8) is 0 Å². The first-order valence-electron chi connectivity index (χ1n) is 12.0. The molecule has 1 unspecified atom stereocenters.